The Morgan fingerprint density at radius 1 is 0.551 bits per heavy atom. The third-order valence-electron chi connectivity index (χ3n) is 9.87. The lowest BCUT2D eigenvalue weighted by molar-refractivity contribution is -0.498. The maximum Gasteiger partial charge on any atom is 0.362 e. The summed E-state index contributed by atoms with van der Waals surface area (Å²) in [6.07, 6.45) is 12.6. The molecule has 13 heteroatoms. The van der Waals surface area contributed by atoms with Gasteiger partial charge in [-0.25, -0.2) is 0 Å². The molecule has 2 heterocycles. The number of rotatable bonds is 28. The van der Waals surface area contributed by atoms with Gasteiger partial charge in [-0.2, -0.15) is 0 Å². The van der Waals surface area contributed by atoms with E-state index >= 15 is 0 Å². The fourth-order valence-corrected chi connectivity index (χ4v) is 6.70. The van der Waals surface area contributed by atoms with Gasteiger partial charge in [-0.1, -0.05) is 135 Å². The van der Waals surface area contributed by atoms with Crippen LogP contribution in [0.5, 0.6) is 0 Å². The zero-order chi connectivity index (χ0) is 36.1. The fraction of sp³-hybridized carbons (Fsp3) is 0.972. The zero-order valence-corrected chi connectivity index (χ0v) is 29.8. The van der Waals surface area contributed by atoms with Gasteiger partial charge in [0, 0.05) is 6.42 Å². The van der Waals surface area contributed by atoms with Crippen molar-refractivity contribution >= 4 is 5.97 Å². The highest BCUT2D eigenvalue weighted by Gasteiger charge is 2.65. The number of carbonyl (C=O) groups is 1. The van der Waals surface area contributed by atoms with Crippen molar-refractivity contribution in [2.45, 2.75) is 203 Å². The summed E-state index contributed by atoms with van der Waals surface area (Å²) in [6.45, 7) is -0.557. The number of hydrogen-bond donors (Lipinski definition) is 8. The predicted octanol–water partition coefficient (Wildman–Crippen LogP) is 3.08. The molecule has 0 saturated carbocycles. The number of aliphatic hydroxyl groups excluding tert-OH is 8. The van der Waals surface area contributed by atoms with Crippen molar-refractivity contribution in [2.24, 2.45) is 0 Å². The molecule has 0 aromatic rings. The Morgan fingerprint density at radius 3 is 1.35 bits per heavy atom. The fourth-order valence-electron chi connectivity index (χ4n) is 6.70. The average molecular weight is 709 g/mol. The molecule has 0 aliphatic carbocycles. The van der Waals surface area contributed by atoms with E-state index in [1.807, 2.05) is 0 Å². The van der Waals surface area contributed by atoms with E-state index in [4.69, 9.17) is 18.9 Å². The lowest BCUT2D eigenvalue weighted by atomic mass is 9.97. The van der Waals surface area contributed by atoms with Gasteiger partial charge in [-0.15, -0.1) is 0 Å². The predicted molar refractivity (Wildman–Crippen MR) is 181 cm³/mol. The Labute approximate surface area is 292 Å². The minimum Gasteiger partial charge on any atom is -0.405 e. The van der Waals surface area contributed by atoms with Gasteiger partial charge in [0.25, 0.3) is 0 Å². The number of esters is 1. The van der Waals surface area contributed by atoms with Crippen LogP contribution in [0.3, 0.4) is 0 Å². The molecule has 0 bridgehead atoms. The van der Waals surface area contributed by atoms with E-state index in [2.05, 4.69) is 6.92 Å². The number of unbranched alkanes of at least 4 members (excludes halogenated alkanes) is 20. The summed E-state index contributed by atoms with van der Waals surface area (Å²) < 4.78 is 21.8. The Balaban J connectivity index is 1.65. The van der Waals surface area contributed by atoms with Crippen molar-refractivity contribution in [2.75, 3.05) is 19.8 Å². The third kappa shape index (κ3) is 14.2. The molecule has 290 valence electrons. The molecule has 49 heavy (non-hydrogen) atoms. The lowest BCUT2D eigenvalue weighted by Crippen LogP contribution is -2.70. The number of ether oxygens (including phenoxy) is 4. The Morgan fingerprint density at radius 2 is 0.959 bits per heavy atom. The molecule has 2 fully saturated rings. The van der Waals surface area contributed by atoms with Crippen molar-refractivity contribution in [3.63, 3.8) is 0 Å². The summed E-state index contributed by atoms with van der Waals surface area (Å²) in [7, 11) is 0. The van der Waals surface area contributed by atoms with Crippen LogP contribution in [0.25, 0.3) is 0 Å². The van der Waals surface area contributed by atoms with Crippen LogP contribution in [0.1, 0.15) is 148 Å². The standard InChI is InChI=1S/C36H68O13/c1-2-3-4-5-6-7-8-9-10-11-12-13-14-15-16-17-18-19-20-21-22-23-29(40)48-36(34(45)32(43)30(41)27(24-37)47-36)49-35(26-39)33(44)31(42)28(25-38)46-35/h27-28,30-34,37-39,41-45H,2-26H2,1H3/t27-,28-,30-,31-,32+,33+,34-,35?,36+/m1/s1. The molecular weight excluding hydrogens is 640 g/mol. The van der Waals surface area contributed by atoms with Crippen LogP contribution in [0.4, 0.5) is 0 Å². The van der Waals surface area contributed by atoms with Crippen molar-refractivity contribution in [3.05, 3.63) is 0 Å². The SMILES string of the molecule is CCCCCCCCCCCCCCCCCCCCCCCC(=O)O[C@@]1(OC2(CO)O[C@H](CO)[C@@H](O)[C@@H]2O)O[C@H](CO)[C@@H](O)[C@H](O)[C@H]1O. The van der Waals surface area contributed by atoms with Crippen LogP contribution in [0.15, 0.2) is 0 Å². The molecule has 13 nitrogen and oxygen atoms in total. The first-order valence-electron chi connectivity index (χ1n) is 19.1. The first kappa shape index (κ1) is 44.2. The number of carbonyl (C=O) groups excluding carboxylic acids is 1. The molecular formula is C36H68O13. The van der Waals surface area contributed by atoms with Crippen molar-refractivity contribution < 1.29 is 64.6 Å². The van der Waals surface area contributed by atoms with E-state index in [0.717, 1.165) is 25.7 Å². The van der Waals surface area contributed by atoms with Gasteiger partial charge >= 0.3 is 11.9 Å². The molecule has 2 aliphatic heterocycles. The number of hydrogen-bond acceptors (Lipinski definition) is 13. The minimum absolute atomic E-state index is 0.125. The summed E-state index contributed by atoms with van der Waals surface area (Å²) in [5.41, 5.74) is 0. The van der Waals surface area contributed by atoms with Crippen LogP contribution >= 0.6 is 0 Å². The molecule has 8 N–H and O–H groups in total. The van der Waals surface area contributed by atoms with Crippen molar-refractivity contribution in [1.82, 2.24) is 0 Å². The summed E-state index contributed by atoms with van der Waals surface area (Å²) in [5, 5.41) is 81.7. The van der Waals surface area contributed by atoms with Crippen LogP contribution in [0, 0.1) is 0 Å². The van der Waals surface area contributed by atoms with Gasteiger partial charge < -0.3 is 55.1 Å². The Kier molecular flexibility index (Phi) is 21.9. The highest BCUT2D eigenvalue weighted by Crippen LogP contribution is 2.41. The molecule has 0 aromatic heterocycles. The molecule has 2 aliphatic rings. The average Bonchev–Trinajstić information content (AvgIpc) is 3.34. The highest BCUT2D eigenvalue weighted by atomic mass is 16.9. The van der Waals surface area contributed by atoms with E-state index < -0.39 is 80.3 Å². The van der Waals surface area contributed by atoms with Crippen LogP contribution in [-0.4, -0.2) is 121 Å². The van der Waals surface area contributed by atoms with Crippen LogP contribution < -0.4 is 0 Å². The first-order chi connectivity index (χ1) is 23.6. The minimum atomic E-state index is -2.95. The van der Waals surface area contributed by atoms with Gasteiger partial charge in [0.05, 0.1) is 13.2 Å². The van der Waals surface area contributed by atoms with E-state index in [1.165, 1.54) is 103 Å². The molecule has 2 rings (SSSR count). The van der Waals surface area contributed by atoms with E-state index in [-0.39, 0.29) is 6.42 Å². The molecule has 0 aromatic carbocycles. The molecule has 0 amide bonds. The van der Waals surface area contributed by atoms with Gasteiger partial charge in [-0.3, -0.25) is 9.53 Å². The summed E-state index contributed by atoms with van der Waals surface area (Å²) in [4.78, 5) is 12.9. The van der Waals surface area contributed by atoms with Gasteiger partial charge in [0.1, 0.15) is 43.2 Å². The molecule has 2 saturated heterocycles. The normalized spacial score (nSPS) is 31.7. The lowest BCUT2D eigenvalue weighted by Gasteiger charge is -2.49. The second kappa shape index (κ2) is 24.3. The largest absolute Gasteiger partial charge is 0.405 e. The van der Waals surface area contributed by atoms with Crippen LogP contribution in [-0.2, 0) is 23.7 Å². The second-order valence-corrected chi connectivity index (χ2v) is 14.0. The quantitative estimate of drug-likeness (QED) is 0.0334. The van der Waals surface area contributed by atoms with Crippen molar-refractivity contribution in [1.29, 1.82) is 0 Å². The monoisotopic (exact) mass is 708 g/mol. The van der Waals surface area contributed by atoms with E-state index in [0.29, 0.717) is 6.42 Å². The Bertz CT molecular complexity index is 863. The van der Waals surface area contributed by atoms with Gasteiger partial charge in [-0.05, 0) is 6.42 Å². The number of aliphatic hydroxyl groups is 8. The maximum absolute atomic E-state index is 12.9. The highest BCUT2D eigenvalue weighted by molar-refractivity contribution is 5.69. The van der Waals surface area contributed by atoms with Crippen LogP contribution in [0.2, 0.25) is 0 Å². The van der Waals surface area contributed by atoms with E-state index in [1.54, 1.807) is 0 Å². The third-order valence-corrected chi connectivity index (χ3v) is 9.87. The van der Waals surface area contributed by atoms with Gasteiger partial charge in [0.2, 0.25) is 5.79 Å². The Hall–Kier alpha value is -0.970. The molecule has 0 radical (unpaired) electrons. The second-order valence-electron chi connectivity index (χ2n) is 14.0. The summed E-state index contributed by atoms with van der Waals surface area (Å²) in [5.74, 6) is -6.44. The molecule has 0 spiro atoms. The topological polar surface area (TPSA) is 216 Å². The molecule has 9 atom stereocenters. The summed E-state index contributed by atoms with van der Waals surface area (Å²) >= 11 is 0. The first-order valence-corrected chi connectivity index (χ1v) is 19.1. The summed E-state index contributed by atoms with van der Waals surface area (Å²) in [6, 6.07) is 0. The van der Waals surface area contributed by atoms with Crippen molar-refractivity contribution in [3.8, 4) is 0 Å². The smallest absolute Gasteiger partial charge is 0.362 e. The van der Waals surface area contributed by atoms with E-state index in [9.17, 15) is 45.6 Å². The molecule has 1 unspecified atom stereocenters. The van der Waals surface area contributed by atoms with Gasteiger partial charge in [0.15, 0.2) is 6.10 Å². The zero-order valence-electron chi connectivity index (χ0n) is 29.8. The maximum atomic E-state index is 12.9.